The number of anilines is 2. The van der Waals surface area contributed by atoms with Gasteiger partial charge in [0, 0.05) is 29.9 Å². The number of Topliss-reactive ketones (excluding diaryl/α,β-unsaturated/α-hetero) is 1. The number of hydrazine groups is 1. The van der Waals surface area contributed by atoms with Crippen molar-refractivity contribution in [2.45, 2.75) is 23.1 Å². The fourth-order valence-electron chi connectivity index (χ4n) is 2.45. The van der Waals surface area contributed by atoms with E-state index in [4.69, 9.17) is 17.4 Å². The van der Waals surface area contributed by atoms with Gasteiger partial charge in [0.1, 0.15) is 5.78 Å². The Bertz CT molecular complexity index is 1140. The van der Waals surface area contributed by atoms with E-state index in [2.05, 4.69) is 34.1 Å². The normalized spacial score (nSPS) is 11.7. The summed E-state index contributed by atoms with van der Waals surface area (Å²) in [6.07, 6.45) is -0.519. The highest BCUT2D eigenvalue weighted by molar-refractivity contribution is 7.89. The number of hydrogen-bond acceptors (Lipinski definition) is 9. The summed E-state index contributed by atoms with van der Waals surface area (Å²) in [6.45, 7) is 0. The lowest BCUT2D eigenvalue weighted by Crippen LogP contribution is -2.44. The Morgan fingerprint density at radius 2 is 1.64 bits per heavy atom. The number of sulfonamides is 1. The molecule has 0 heterocycles. The third-order valence-corrected chi connectivity index (χ3v) is 5.39. The molecule has 0 saturated carbocycles. The number of carbonyl (C=O) groups is 2. The van der Waals surface area contributed by atoms with E-state index in [9.17, 15) is 28.1 Å². The summed E-state index contributed by atoms with van der Waals surface area (Å²) in [4.78, 5) is 34.1. The minimum atomic E-state index is -3.80. The summed E-state index contributed by atoms with van der Waals surface area (Å²) in [7, 11) is -3.80. The molecule has 0 radical (unpaired) electrons. The highest BCUT2D eigenvalue weighted by Crippen LogP contribution is 2.16. The van der Waals surface area contributed by atoms with Crippen molar-refractivity contribution in [3.05, 3.63) is 58.6 Å². The zero-order valence-electron chi connectivity index (χ0n) is 16.8. The molecular formula is C18H20N6O6S3. The summed E-state index contributed by atoms with van der Waals surface area (Å²) >= 11 is 9.26. The molecule has 0 aliphatic rings. The van der Waals surface area contributed by atoms with Crippen molar-refractivity contribution < 1.29 is 22.9 Å². The number of nitro benzene ring substituents is 1. The second-order valence-corrected chi connectivity index (χ2v) is 9.17. The number of non-ortho nitro benzene ring substituents is 1. The van der Waals surface area contributed by atoms with E-state index in [1.165, 1.54) is 48.5 Å². The Labute approximate surface area is 199 Å². The predicted molar refractivity (Wildman–Crippen MR) is 129 cm³/mol. The van der Waals surface area contributed by atoms with E-state index >= 15 is 0 Å². The van der Waals surface area contributed by atoms with Gasteiger partial charge in [-0.05, 0) is 48.6 Å². The summed E-state index contributed by atoms with van der Waals surface area (Å²) in [6, 6.07) is 11.0. The Kier molecular flexibility index (Phi) is 9.10. The zero-order chi connectivity index (χ0) is 24.6. The number of nitrogens with zero attached hydrogens (tertiary/aromatic N) is 1. The maximum Gasteiger partial charge on any atom is 0.269 e. The molecule has 12 nitrogen and oxygen atoms in total. The van der Waals surface area contributed by atoms with Gasteiger partial charge in [0.2, 0.25) is 15.9 Å². The van der Waals surface area contributed by atoms with Crippen molar-refractivity contribution in [2.75, 3.05) is 10.6 Å². The lowest BCUT2D eigenvalue weighted by Gasteiger charge is -2.14. The molecule has 0 aliphatic carbocycles. The SMILES string of the molecule is NS(=O)(=O)c1ccc(NC(S)CC(=O)CC(=O)NNC(=S)Nc2ccc([N+](=O)[O-])cc2)cc1. The maximum atomic E-state index is 12.1. The molecule has 1 amide bonds. The number of hydrogen-bond donors (Lipinski definition) is 6. The van der Waals surface area contributed by atoms with Gasteiger partial charge < -0.3 is 10.6 Å². The highest BCUT2D eigenvalue weighted by atomic mass is 32.2. The van der Waals surface area contributed by atoms with Crippen LogP contribution in [0.4, 0.5) is 17.1 Å². The Hall–Kier alpha value is -3.27. The van der Waals surface area contributed by atoms with Crippen LogP contribution < -0.4 is 26.6 Å². The molecule has 33 heavy (non-hydrogen) atoms. The number of thiol groups is 1. The van der Waals surface area contributed by atoms with Gasteiger partial charge in [-0.15, -0.1) is 0 Å². The topological polar surface area (TPSA) is 186 Å². The van der Waals surface area contributed by atoms with Crippen molar-refractivity contribution in [3.63, 3.8) is 0 Å². The molecule has 0 aliphatic heterocycles. The molecule has 2 aromatic carbocycles. The second-order valence-electron chi connectivity index (χ2n) is 6.58. The molecule has 2 aromatic rings. The molecule has 15 heteroatoms. The minimum Gasteiger partial charge on any atom is -0.373 e. The largest absolute Gasteiger partial charge is 0.373 e. The number of benzene rings is 2. The fraction of sp³-hybridized carbons (Fsp3) is 0.167. The number of nitrogens with two attached hydrogens (primary N) is 1. The zero-order valence-corrected chi connectivity index (χ0v) is 19.4. The Morgan fingerprint density at radius 3 is 2.18 bits per heavy atom. The second kappa shape index (κ2) is 11.6. The number of amides is 1. The summed E-state index contributed by atoms with van der Waals surface area (Å²) in [5.74, 6) is -1.04. The Morgan fingerprint density at radius 1 is 1.06 bits per heavy atom. The van der Waals surface area contributed by atoms with E-state index < -0.39 is 38.4 Å². The van der Waals surface area contributed by atoms with Crippen LogP contribution in [0.25, 0.3) is 0 Å². The number of ketones is 1. The van der Waals surface area contributed by atoms with Crippen LogP contribution in [-0.2, 0) is 19.6 Å². The molecule has 2 rings (SSSR count). The van der Waals surface area contributed by atoms with Crippen LogP contribution in [0.5, 0.6) is 0 Å². The number of nitro groups is 1. The lowest BCUT2D eigenvalue weighted by atomic mass is 10.2. The first-order chi connectivity index (χ1) is 15.4. The number of nitrogens with one attached hydrogen (secondary N) is 4. The first-order valence-corrected chi connectivity index (χ1v) is 11.6. The van der Waals surface area contributed by atoms with Crippen LogP contribution in [0.3, 0.4) is 0 Å². The Balaban J connectivity index is 1.73. The smallest absolute Gasteiger partial charge is 0.269 e. The van der Waals surface area contributed by atoms with Gasteiger partial charge in [-0.25, -0.2) is 13.6 Å². The quantitative estimate of drug-likeness (QED) is 0.0714. The van der Waals surface area contributed by atoms with Crippen molar-refractivity contribution in [1.29, 1.82) is 0 Å². The van der Waals surface area contributed by atoms with Crippen LogP contribution in [-0.4, -0.2) is 35.5 Å². The van der Waals surface area contributed by atoms with Crippen molar-refractivity contribution in [1.82, 2.24) is 10.9 Å². The molecule has 176 valence electrons. The first kappa shape index (κ1) is 26.0. The van der Waals surface area contributed by atoms with Gasteiger partial charge in [0.15, 0.2) is 5.11 Å². The number of thiocarbonyl (C=S) groups is 1. The highest BCUT2D eigenvalue weighted by Gasteiger charge is 2.15. The van der Waals surface area contributed by atoms with Gasteiger partial charge in [0.05, 0.1) is 21.6 Å². The lowest BCUT2D eigenvalue weighted by molar-refractivity contribution is -0.384. The van der Waals surface area contributed by atoms with Crippen LogP contribution in [0.2, 0.25) is 0 Å². The minimum absolute atomic E-state index is 0.0151. The third kappa shape index (κ3) is 9.01. The van der Waals surface area contributed by atoms with Crippen molar-refractivity contribution >= 4 is 68.7 Å². The molecule has 0 aromatic heterocycles. The van der Waals surface area contributed by atoms with Crippen LogP contribution in [0.1, 0.15) is 12.8 Å². The summed E-state index contributed by atoms with van der Waals surface area (Å²) in [5, 5.41) is 20.7. The number of carbonyl (C=O) groups excluding carboxylic acids is 2. The van der Waals surface area contributed by atoms with Gasteiger partial charge in [0.25, 0.3) is 5.69 Å². The van der Waals surface area contributed by atoms with Crippen molar-refractivity contribution in [3.8, 4) is 0 Å². The van der Waals surface area contributed by atoms with Crippen LogP contribution in [0, 0.1) is 10.1 Å². The third-order valence-electron chi connectivity index (χ3n) is 3.95. The standard InChI is InChI=1S/C18H20N6O6S3/c19-33(29,30)15-7-3-11(4-8-15)20-17(31)10-14(25)9-16(26)22-23-18(32)21-12-1-5-13(6-2-12)24(27)28/h1-8,17,20,31H,9-10H2,(H,22,26)(H2,19,29,30)(H2,21,23,32). The van der Waals surface area contributed by atoms with Crippen LogP contribution in [0.15, 0.2) is 53.4 Å². The molecule has 1 unspecified atom stereocenters. The molecule has 0 saturated heterocycles. The van der Waals surface area contributed by atoms with Gasteiger partial charge in [-0.3, -0.25) is 30.6 Å². The molecular weight excluding hydrogens is 492 g/mol. The molecule has 0 spiro atoms. The average molecular weight is 513 g/mol. The van der Waals surface area contributed by atoms with E-state index in [1.807, 2.05) is 0 Å². The fourth-order valence-corrected chi connectivity index (χ4v) is 3.49. The van der Waals surface area contributed by atoms with Crippen molar-refractivity contribution in [2.24, 2.45) is 5.14 Å². The van der Waals surface area contributed by atoms with E-state index in [-0.39, 0.29) is 22.1 Å². The number of rotatable bonds is 9. The van der Waals surface area contributed by atoms with Crippen LogP contribution >= 0.6 is 24.8 Å². The van der Waals surface area contributed by atoms with E-state index in [1.54, 1.807) is 0 Å². The predicted octanol–water partition coefficient (Wildman–Crippen LogP) is 1.28. The number of primary sulfonamides is 1. The van der Waals surface area contributed by atoms with E-state index in [0.717, 1.165) is 0 Å². The molecule has 0 bridgehead atoms. The van der Waals surface area contributed by atoms with Gasteiger partial charge in [-0.1, -0.05) is 0 Å². The van der Waals surface area contributed by atoms with Gasteiger partial charge >= 0.3 is 0 Å². The summed E-state index contributed by atoms with van der Waals surface area (Å²) < 4.78 is 22.5. The summed E-state index contributed by atoms with van der Waals surface area (Å²) in [5.41, 5.74) is 5.60. The van der Waals surface area contributed by atoms with Gasteiger partial charge in [-0.2, -0.15) is 12.6 Å². The first-order valence-electron chi connectivity index (χ1n) is 9.13. The molecule has 0 fully saturated rings. The maximum absolute atomic E-state index is 12.1. The van der Waals surface area contributed by atoms with E-state index in [0.29, 0.717) is 11.4 Å². The molecule has 1 atom stereocenters. The monoisotopic (exact) mass is 512 g/mol. The average Bonchev–Trinajstić information content (AvgIpc) is 2.72. The molecule has 6 N–H and O–H groups in total.